The summed E-state index contributed by atoms with van der Waals surface area (Å²) >= 11 is 0. The highest BCUT2D eigenvalue weighted by Crippen LogP contribution is 2.32. The molecule has 0 spiro atoms. The molecule has 24 heavy (non-hydrogen) atoms. The fourth-order valence-electron chi connectivity index (χ4n) is 2.71. The number of hydrogen-bond donors (Lipinski definition) is 1. The number of esters is 1. The Morgan fingerprint density at radius 3 is 2.33 bits per heavy atom. The van der Waals surface area contributed by atoms with Gasteiger partial charge in [0, 0.05) is 6.04 Å². The average molecular weight is 330 g/mol. The van der Waals surface area contributed by atoms with Gasteiger partial charge < -0.3 is 10.1 Å². The summed E-state index contributed by atoms with van der Waals surface area (Å²) in [6.45, 7) is 0.993. The Labute approximate surface area is 139 Å². The molecule has 0 radical (unpaired) electrons. The number of imide groups is 1. The fraction of sp³-hybridized carbons (Fsp3) is 0.412. The third-order valence-corrected chi connectivity index (χ3v) is 4.25. The van der Waals surface area contributed by atoms with Crippen LogP contribution in [0.15, 0.2) is 24.3 Å². The number of amides is 3. The third kappa shape index (κ3) is 3.29. The molecule has 1 heterocycles. The molecular weight excluding hydrogens is 312 g/mol. The van der Waals surface area contributed by atoms with Crippen LogP contribution in [0.5, 0.6) is 0 Å². The maximum Gasteiger partial charge on any atom is 0.326 e. The van der Waals surface area contributed by atoms with Crippen LogP contribution in [0.2, 0.25) is 0 Å². The van der Waals surface area contributed by atoms with Gasteiger partial charge in [-0.2, -0.15) is 0 Å². The van der Waals surface area contributed by atoms with E-state index < -0.39 is 30.9 Å². The number of ether oxygens (including phenoxy) is 1. The first-order valence-corrected chi connectivity index (χ1v) is 7.87. The van der Waals surface area contributed by atoms with E-state index in [1.54, 1.807) is 12.1 Å². The zero-order valence-electron chi connectivity index (χ0n) is 13.3. The number of hydrogen-bond acceptors (Lipinski definition) is 5. The van der Waals surface area contributed by atoms with Crippen LogP contribution in [0, 0.1) is 5.92 Å². The van der Waals surface area contributed by atoms with Gasteiger partial charge in [0.1, 0.15) is 6.54 Å². The first kappa shape index (κ1) is 16.2. The maximum absolute atomic E-state index is 12.1. The Bertz CT molecular complexity index is 676. The van der Waals surface area contributed by atoms with Gasteiger partial charge in [0.15, 0.2) is 6.61 Å². The molecule has 0 unspecified atom stereocenters. The van der Waals surface area contributed by atoms with E-state index in [-0.39, 0.29) is 23.1 Å². The molecule has 1 aliphatic heterocycles. The molecule has 1 atom stereocenters. The zero-order valence-corrected chi connectivity index (χ0v) is 13.3. The summed E-state index contributed by atoms with van der Waals surface area (Å²) in [5.74, 6) is -1.73. The van der Waals surface area contributed by atoms with Crippen LogP contribution >= 0.6 is 0 Å². The van der Waals surface area contributed by atoms with E-state index >= 15 is 0 Å². The van der Waals surface area contributed by atoms with Crippen molar-refractivity contribution in [3.05, 3.63) is 35.4 Å². The second-order valence-corrected chi connectivity index (χ2v) is 6.10. The van der Waals surface area contributed by atoms with Crippen molar-refractivity contribution in [1.29, 1.82) is 0 Å². The van der Waals surface area contributed by atoms with Crippen LogP contribution in [-0.2, 0) is 14.3 Å². The van der Waals surface area contributed by atoms with Crippen molar-refractivity contribution in [2.45, 2.75) is 25.8 Å². The largest absolute Gasteiger partial charge is 0.454 e. The molecule has 1 aromatic carbocycles. The number of carbonyl (C=O) groups is 4. The SMILES string of the molecule is C[C@@H](NC(=O)COC(=O)CN1C(=O)c2ccccc2C1=O)C1CC1. The Morgan fingerprint density at radius 1 is 1.21 bits per heavy atom. The van der Waals surface area contributed by atoms with Crippen LogP contribution in [0.25, 0.3) is 0 Å². The lowest BCUT2D eigenvalue weighted by Gasteiger charge is -2.14. The minimum atomic E-state index is -0.793. The van der Waals surface area contributed by atoms with Crippen molar-refractivity contribution >= 4 is 23.7 Å². The predicted octanol–water partition coefficient (Wildman–Crippen LogP) is 0.741. The van der Waals surface area contributed by atoms with Crippen molar-refractivity contribution in [1.82, 2.24) is 10.2 Å². The normalized spacial score (nSPS) is 17.5. The lowest BCUT2D eigenvalue weighted by molar-refractivity contribution is -0.148. The monoisotopic (exact) mass is 330 g/mol. The second-order valence-electron chi connectivity index (χ2n) is 6.10. The highest BCUT2D eigenvalue weighted by Gasteiger charge is 2.36. The molecular formula is C17H18N2O5. The van der Waals surface area contributed by atoms with E-state index in [1.165, 1.54) is 12.1 Å². The third-order valence-electron chi connectivity index (χ3n) is 4.25. The van der Waals surface area contributed by atoms with Crippen molar-refractivity contribution in [2.24, 2.45) is 5.92 Å². The molecule has 0 aromatic heterocycles. The van der Waals surface area contributed by atoms with Gasteiger partial charge in [0.05, 0.1) is 11.1 Å². The van der Waals surface area contributed by atoms with Gasteiger partial charge in [-0.1, -0.05) is 12.1 Å². The van der Waals surface area contributed by atoms with Gasteiger partial charge in [0.25, 0.3) is 17.7 Å². The van der Waals surface area contributed by atoms with Crippen LogP contribution in [0.4, 0.5) is 0 Å². The van der Waals surface area contributed by atoms with Crippen LogP contribution in [0.1, 0.15) is 40.5 Å². The lowest BCUT2D eigenvalue weighted by Crippen LogP contribution is -2.39. The van der Waals surface area contributed by atoms with E-state index in [0.29, 0.717) is 5.92 Å². The number of benzene rings is 1. The highest BCUT2D eigenvalue weighted by atomic mass is 16.5. The number of rotatable bonds is 6. The summed E-state index contributed by atoms with van der Waals surface area (Å²) < 4.78 is 4.87. The van der Waals surface area contributed by atoms with Gasteiger partial charge >= 0.3 is 5.97 Å². The topological polar surface area (TPSA) is 92.8 Å². The molecule has 0 bridgehead atoms. The molecule has 126 valence electrons. The van der Waals surface area contributed by atoms with Crippen molar-refractivity contribution in [2.75, 3.05) is 13.2 Å². The summed E-state index contributed by atoms with van der Waals surface area (Å²) in [5, 5.41) is 2.76. The summed E-state index contributed by atoms with van der Waals surface area (Å²) in [6, 6.07) is 6.43. The van der Waals surface area contributed by atoms with Gasteiger partial charge in [-0.15, -0.1) is 0 Å². The molecule has 3 amide bonds. The standard InChI is InChI=1S/C17H18N2O5/c1-10(11-6-7-11)18-14(20)9-24-15(21)8-19-16(22)12-4-2-3-5-13(12)17(19)23/h2-5,10-11H,6-9H2,1H3,(H,18,20)/t10-/m1/s1. The molecule has 7 heteroatoms. The quantitative estimate of drug-likeness (QED) is 0.613. The van der Waals surface area contributed by atoms with E-state index in [9.17, 15) is 19.2 Å². The van der Waals surface area contributed by atoms with Crippen molar-refractivity contribution < 1.29 is 23.9 Å². The lowest BCUT2D eigenvalue weighted by atomic mass is 10.1. The summed E-state index contributed by atoms with van der Waals surface area (Å²) in [6.07, 6.45) is 2.20. The summed E-state index contributed by atoms with van der Waals surface area (Å²) in [4.78, 5) is 48.6. The van der Waals surface area contributed by atoms with Gasteiger partial charge in [-0.05, 0) is 37.8 Å². The van der Waals surface area contributed by atoms with E-state index in [2.05, 4.69) is 5.32 Å². The minimum Gasteiger partial charge on any atom is -0.454 e. The van der Waals surface area contributed by atoms with Crippen LogP contribution in [-0.4, -0.2) is 47.8 Å². The Morgan fingerprint density at radius 2 is 1.79 bits per heavy atom. The first-order chi connectivity index (χ1) is 11.5. The van der Waals surface area contributed by atoms with Crippen LogP contribution in [0.3, 0.4) is 0 Å². The summed E-state index contributed by atoms with van der Waals surface area (Å²) in [7, 11) is 0. The van der Waals surface area contributed by atoms with Gasteiger partial charge in [-0.3, -0.25) is 24.1 Å². The number of carbonyl (C=O) groups excluding carboxylic acids is 4. The van der Waals surface area contributed by atoms with Gasteiger partial charge in [0.2, 0.25) is 0 Å². The van der Waals surface area contributed by atoms with Gasteiger partial charge in [-0.25, -0.2) is 0 Å². The molecule has 1 aliphatic carbocycles. The molecule has 1 saturated carbocycles. The molecule has 7 nitrogen and oxygen atoms in total. The fourth-order valence-corrected chi connectivity index (χ4v) is 2.71. The molecule has 3 rings (SSSR count). The van der Waals surface area contributed by atoms with Crippen molar-refractivity contribution in [3.8, 4) is 0 Å². The smallest absolute Gasteiger partial charge is 0.326 e. The Kier molecular flexibility index (Phi) is 4.33. The first-order valence-electron chi connectivity index (χ1n) is 7.87. The number of nitrogens with one attached hydrogen (secondary N) is 1. The Hall–Kier alpha value is -2.70. The van der Waals surface area contributed by atoms with E-state index in [1.807, 2.05) is 6.92 Å². The van der Waals surface area contributed by atoms with Crippen molar-refractivity contribution in [3.63, 3.8) is 0 Å². The predicted molar refractivity (Wildman–Crippen MR) is 83.1 cm³/mol. The average Bonchev–Trinajstić information content (AvgIpc) is 3.38. The number of nitrogens with zero attached hydrogens (tertiary/aromatic N) is 1. The minimum absolute atomic E-state index is 0.0624. The number of fused-ring (bicyclic) bond motifs is 1. The Balaban J connectivity index is 1.49. The summed E-state index contributed by atoms with van der Waals surface area (Å²) in [5.41, 5.74) is 0.539. The second kappa shape index (κ2) is 6.43. The molecule has 0 saturated heterocycles. The van der Waals surface area contributed by atoms with Crippen LogP contribution < -0.4 is 5.32 Å². The molecule has 2 aliphatic rings. The van der Waals surface area contributed by atoms with E-state index in [4.69, 9.17) is 4.74 Å². The highest BCUT2D eigenvalue weighted by molar-refractivity contribution is 6.22. The van der Waals surface area contributed by atoms with E-state index in [0.717, 1.165) is 17.7 Å². The maximum atomic E-state index is 12.1. The molecule has 1 aromatic rings. The molecule has 1 fully saturated rings. The zero-order chi connectivity index (χ0) is 17.3. The molecule has 1 N–H and O–H groups in total.